The van der Waals surface area contributed by atoms with E-state index in [2.05, 4.69) is 26.6 Å². The fraction of sp³-hybridized carbons (Fsp3) is 1.00. The summed E-state index contributed by atoms with van der Waals surface area (Å²) in [5.41, 5.74) is 0. The average Bonchev–Trinajstić information content (AvgIpc) is 1.86. The van der Waals surface area contributed by atoms with Crippen LogP contribution in [0.2, 0.25) is 0 Å². The van der Waals surface area contributed by atoms with Crippen molar-refractivity contribution in [3.63, 3.8) is 0 Å². The number of hydrogen-bond donors (Lipinski definition) is 1. The van der Waals surface area contributed by atoms with Gasteiger partial charge in [-0.2, -0.15) is 0 Å². The molecule has 0 spiro atoms. The van der Waals surface area contributed by atoms with Gasteiger partial charge in [-0.1, -0.05) is 15.9 Å². The van der Waals surface area contributed by atoms with Crippen LogP contribution in [0.25, 0.3) is 0 Å². The van der Waals surface area contributed by atoms with Gasteiger partial charge in [0.15, 0.2) is 0 Å². The summed E-state index contributed by atoms with van der Waals surface area (Å²) in [4.78, 5) is 0.373. The van der Waals surface area contributed by atoms with Gasteiger partial charge in [0.25, 0.3) is 0 Å². The standard InChI is InChI=1S/C3H6BrN2/c4-3-1-5-2-6-3/h3,5H,1-2H2. The van der Waals surface area contributed by atoms with E-state index in [1.165, 1.54) is 0 Å². The largest absolute Gasteiger partial charge is 0.301 e. The van der Waals surface area contributed by atoms with Crippen molar-refractivity contribution in [2.45, 2.75) is 4.95 Å². The van der Waals surface area contributed by atoms with Crippen LogP contribution in [0.15, 0.2) is 0 Å². The number of nitrogens with zero attached hydrogens (tertiary/aromatic N) is 1. The predicted octanol–water partition coefficient (Wildman–Crippen LogP) is -0.128. The van der Waals surface area contributed by atoms with Gasteiger partial charge in [0.2, 0.25) is 0 Å². The number of rotatable bonds is 0. The highest BCUT2D eigenvalue weighted by Crippen LogP contribution is 1.96. The third-order valence-electron chi connectivity index (χ3n) is 0.714. The molecule has 1 radical (unpaired) electrons. The van der Waals surface area contributed by atoms with Crippen LogP contribution in [0.4, 0.5) is 0 Å². The summed E-state index contributed by atoms with van der Waals surface area (Å²) in [7, 11) is 0. The monoisotopic (exact) mass is 149 g/mol. The summed E-state index contributed by atoms with van der Waals surface area (Å²) in [6.07, 6.45) is 0. The predicted molar refractivity (Wildman–Crippen MR) is 27.7 cm³/mol. The van der Waals surface area contributed by atoms with Gasteiger partial charge >= 0.3 is 0 Å². The second kappa shape index (κ2) is 1.91. The molecule has 35 valence electrons. The summed E-state index contributed by atoms with van der Waals surface area (Å²) >= 11 is 3.31. The summed E-state index contributed by atoms with van der Waals surface area (Å²) < 4.78 is 0. The Balaban J connectivity index is 2.18. The second-order valence-electron chi connectivity index (χ2n) is 1.23. The van der Waals surface area contributed by atoms with E-state index >= 15 is 0 Å². The summed E-state index contributed by atoms with van der Waals surface area (Å²) in [6.45, 7) is 1.80. The average molecular weight is 150 g/mol. The number of alkyl halides is 1. The van der Waals surface area contributed by atoms with E-state index in [1.54, 1.807) is 0 Å². The maximum absolute atomic E-state index is 4.04. The molecular weight excluding hydrogens is 144 g/mol. The van der Waals surface area contributed by atoms with Crippen molar-refractivity contribution in [2.75, 3.05) is 13.2 Å². The molecule has 1 unspecified atom stereocenters. The van der Waals surface area contributed by atoms with Gasteiger partial charge < -0.3 is 5.32 Å². The molecule has 0 aromatic heterocycles. The molecule has 1 atom stereocenters. The molecule has 3 heteroatoms. The molecule has 0 saturated carbocycles. The van der Waals surface area contributed by atoms with Crippen LogP contribution in [0, 0.1) is 0 Å². The fourth-order valence-corrected chi connectivity index (χ4v) is 0.786. The molecule has 1 aliphatic rings. The second-order valence-corrected chi connectivity index (χ2v) is 2.29. The Morgan fingerprint density at radius 3 is 2.83 bits per heavy atom. The SMILES string of the molecule is BrC1CNC[N]1. The molecule has 1 rings (SSSR count). The zero-order valence-corrected chi connectivity index (χ0v) is 4.90. The number of halogens is 1. The van der Waals surface area contributed by atoms with Crippen molar-refractivity contribution in [1.82, 2.24) is 10.6 Å². The lowest BCUT2D eigenvalue weighted by Crippen LogP contribution is -2.07. The van der Waals surface area contributed by atoms with E-state index in [0.717, 1.165) is 13.2 Å². The summed E-state index contributed by atoms with van der Waals surface area (Å²) in [6, 6.07) is 0. The maximum atomic E-state index is 4.04. The van der Waals surface area contributed by atoms with Crippen molar-refractivity contribution in [3.8, 4) is 0 Å². The lowest BCUT2D eigenvalue weighted by Gasteiger charge is -1.88. The van der Waals surface area contributed by atoms with Crippen LogP contribution in [-0.2, 0) is 0 Å². The van der Waals surface area contributed by atoms with Crippen LogP contribution < -0.4 is 10.6 Å². The number of hydrogen-bond acceptors (Lipinski definition) is 1. The Hall–Kier alpha value is 0.400. The molecule has 0 bridgehead atoms. The van der Waals surface area contributed by atoms with Crippen LogP contribution in [0.1, 0.15) is 0 Å². The normalized spacial score (nSPS) is 34.5. The van der Waals surface area contributed by atoms with Crippen molar-refractivity contribution in [2.24, 2.45) is 0 Å². The highest BCUT2D eigenvalue weighted by atomic mass is 79.9. The van der Waals surface area contributed by atoms with E-state index in [4.69, 9.17) is 0 Å². The quantitative estimate of drug-likeness (QED) is 0.378. The maximum Gasteiger partial charge on any atom is 0.0935 e. The van der Waals surface area contributed by atoms with Crippen molar-refractivity contribution < 1.29 is 0 Å². The molecule has 0 aromatic carbocycles. The smallest absolute Gasteiger partial charge is 0.0935 e. The Kier molecular flexibility index (Phi) is 1.45. The Morgan fingerprint density at radius 2 is 2.67 bits per heavy atom. The summed E-state index contributed by atoms with van der Waals surface area (Å²) in [5.74, 6) is 0. The van der Waals surface area contributed by atoms with Crippen LogP contribution in [0.5, 0.6) is 0 Å². The third-order valence-corrected chi connectivity index (χ3v) is 1.33. The van der Waals surface area contributed by atoms with Gasteiger partial charge in [-0.3, -0.25) is 0 Å². The Labute approximate surface area is 45.4 Å². The minimum Gasteiger partial charge on any atom is -0.301 e. The highest BCUT2D eigenvalue weighted by molar-refractivity contribution is 9.09. The molecular formula is C3H6BrN2. The van der Waals surface area contributed by atoms with E-state index in [1.807, 2.05) is 0 Å². The molecule has 2 nitrogen and oxygen atoms in total. The van der Waals surface area contributed by atoms with Gasteiger partial charge in [0.05, 0.1) is 11.6 Å². The first-order valence-corrected chi connectivity index (χ1v) is 2.82. The van der Waals surface area contributed by atoms with Gasteiger partial charge in [-0.05, 0) is 0 Å². The van der Waals surface area contributed by atoms with E-state index in [-0.39, 0.29) is 0 Å². The molecule has 6 heavy (non-hydrogen) atoms. The third kappa shape index (κ3) is 0.929. The molecule has 0 aromatic rings. The van der Waals surface area contributed by atoms with Crippen molar-refractivity contribution >= 4 is 15.9 Å². The lowest BCUT2D eigenvalue weighted by atomic mass is 10.7. The van der Waals surface area contributed by atoms with Crippen LogP contribution >= 0.6 is 15.9 Å². The molecule has 1 fully saturated rings. The minimum atomic E-state index is 0.373. The molecule has 1 saturated heterocycles. The number of nitrogens with one attached hydrogen (secondary N) is 1. The van der Waals surface area contributed by atoms with Gasteiger partial charge in [-0.25, -0.2) is 5.32 Å². The van der Waals surface area contributed by atoms with Crippen molar-refractivity contribution in [1.29, 1.82) is 0 Å². The van der Waals surface area contributed by atoms with Crippen LogP contribution in [0.3, 0.4) is 0 Å². The Bertz CT molecular complexity index is 42.1. The fourth-order valence-electron chi connectivity index (χ4n) is 0.412. The molecule has 1 N–H and O–H groups in total. The minimum absolute atomic E-state index is 0.373. The molecule has 1 heterocycles. The first-order chi connectivity index (χ1) is 2.89. The highest BCUT2D eigenvalue weighted by Gasteiger charge is 2.08. The molecule has 0 amide bonds. The zero-order valence-electron chi connectivity index (χ0n) is 3.32. The van der Waals surface area contributed by atoms with Gasteiger partial charge in [0.1, 0.15) is 0 Å². The lowest BCUT2D eigenvalue weighted by molar-refractivity contribution is 0.784. The van der Waals surface area contributed by atoms with Gasteiger partial charge in [0, 0.05) is 6.54 Å². The van der Waals surface area contributed by atoms with Crippen molar-refractivity contribution in [3.05, 3.63) is 0 Å². The Morgan fingerprint density at radius 1 is 1.83 bits per heavy atom. The molecule has 0 aliphatic carbocycles. The first-order valence-electron chi connectivity index (χ1n) is 1.91. The van der Waals surface area contributed by atoms with E-state index < -0.39 is 0 Å². The first kappa shape index (κ1) is 4.56. The van der Waals surface area contributed by atoms with E-state index in [9.17, 15) is 0 Å². The zero-order chi connectivity index (χ0) is 4.41. The van der Waals surface area contributed by atoms with E-state index in [0.29, 0.717) is 4.95 Å². The molecule has 1 aliphatic heterocycles. The summed E-state index contributed by atoms with van der Waals surface area (Å²) in [5, 5.41) is 7.10. The van der Waals surface area contributed by atoms with Crippen LogP contribution in [-0.4, -0.2) is 18.2 Å². The topological polar surface area (TPSA) is 26.1 Å². The van der Waals surface area contributed by atoms with Gasteiger partial charge in [-0.15, -0.1) is 0 Å².